The molecule has 0 aliphatic rings. The molecule has 0 aromatic heterocycles. The Balaban J connectivity index is 2.56. The molecule has 0 aliphatic heterocycles. The van der Waals surface area contributed by atoms with E-state index >= 15 is 0 Å². The van der Waals surface area contributed by atoms with Gasteiger partial charge in [-0.15, -0.1) is 0 Å². The molecule has 7 heteroatoms. The topological polar surface area (TPSA) is 84.3 Å². The van der Waals surface area contributed by atoms with Crippen LogP contribution < -0.4 is 10.6 Å². The molecule has 1 aromatic rings. The smallest absolute Gasteiger partial charge is 0.269 e. The number of carbonyl (C=O) groups excluding carboxylic acids is 1. The van der Waals surface area contributed by atoms with Crippen LogP contribution in [0.15, 0.2) is 24.3 Å². The van der Waals surface area contributed by atoms with Gasteiger partial charge in [-0.3, -0.25) is 14.9 Å². The summed E-state index contributed by atoms with van der Waals surface area (Å²) in [5.41, 5.74) is 0.566. The van der Waals surface area contributed by atoms with Crippen molar-refractivity contribution in [2.45, 2.75) is 19.4 Å². The Bertz CT molecular complexity index is 451. The third kappa shape index (κ3) is 5.18. The zero-order chi connectivity index (χ0) is 15.0. The Hall–Kier alpha value is -1.60. The number of benzene rings is 1. The van der Waals surface area contributed by atoms with Gasteiger partial charge in [0.25, 0.3) is 5.69 Å². The van der Waals surface area contributed by atoms with Crippen LogP contribution in [-0.2, 0) is 4.79 Å². The fraction of sp³-hybridized carbons (Fsp3) is 0.462. The summed E-state index contributed by atoms with van der Waals surface area (Å²) in [6.07, 6.45) is 0.744. The molecular formula is C13H19N3O3S. The molecular weight excluding hydrogens is 278 g/mol. The van der Waals surface area contributed by atoms with Crippen LogP contribution in [0.1, 0.15) is 13.3 Å². The molecule has 0 unspecified atom stereocenters. The average molecular weight is 297 g/mol. The van der Waals surface area contributed by atoms with Gasteiger partial charge in [-0.1, -0.05) is 6.92 Å². The van der Waals surface area contributed by atoms with Crippen molar-refractivity contribution in [3.05, 3.63) is 34.4 Å². The number of anilines is 1. The first kappa shape index (κ1) is 16.5. The summed E-state index contributed by atoms with van der Waals surface area (Å²) in [6, 6.07) is 5.55. The molecule has 0 bridgehead atoms. The number of nitro benzene ring substituents is 1. The van der Waals surface area contributed by atoms with Gasteiger partial charge in [0, 0.05) is 17.8 Å². The second kappa shape index (κ2) is 8.55. The maximum Gasteiger partial charge on any atom is 0.269 e. The van der Waals surface area contributed by atoms with E-state index in [1.807, 2.05) is 0 Å². The third-order valence-corrected chi connectivity index (χ3v) is 3.70. The van der Waals surface area contributed by atoms with Crippen molar-refractivity contribution in [3.8, 4) is 0 Å². The molecule has 1 aromatic carbocycles. The van der Waals surface area contributed by atoms with E-state index in [1.165, 1.54) is 24.3 Å². The number of rotatable bonds is 8. The van der Waals surface area contributed by atoms with Crippen LogP contribution in [0, 0.1) is 10.1 Å². The second-order valence-electron chi connectivity index (χ2n) is 4.12. The van der Waals surface area contributed by atoms with Crippen LogP contribution in [0.2, 0.25) is 0 Å². The minimum atomic E-state index is -0.468. The number of non-ortho nitro benzene ring substituents is 1. The van der Waals surface area contributed by atoms with E-state index in [0.717, 1.165) is 17.9 Å². The van der Waals surface area contributed by atoms with E-state index in [-0.39, 0.29) is 17.6 Å². The molecule has 0 radical (unpaired) electrons. The van der Waals surface area contributed by atoms with Gasteiger partial charge in [0.1, 0.15) is 0 Å². The number of amides is 1. The van der Waals surface area contributed by atoms with E-state index in [0.29, 0.717) is 5.69 Å². The van der Waals surface area contributed by atoms with Crippen molar-refractivity contribution in [1.29, 1.82) is 0 Å². The maximum atomic E-state index is 12.0. The van der Waals surface area contributed by atoms with Gasteiger partial charge in [-0.25, -0.2) is 0 Å². The summed E-state index contributed by atoms with van der Waals surface area (Å²) in [6.45, 7) is 2.08. The highest BCUT2D eigenvalue weighted by atomic mass is 32.2. The van der Waals surface area contributed by atoms with Crippen molar-refractivity contribution in [2.75, 3.05) is 23.9 Å². The van der Waals surface area contributed by atoms with Crippen LogP contribution in [0.3, 0.4) is 0 Å². The Morgan fingerprint density at radius 1 is 1.40 bits per heavy atom. The number of nitrogens with one attached hydrogen (secondary N) is 2. The van der Waals surface area contributed by atoms with E-state index in [2.05, 4.69) is 17.6 Å². The predicted octanol–water partition coefficient (Wildman–Crippen LogP) is 2.26. The molecule has 0 aliphatic carbocycles. The number of thioether (sulfide) groups is 1. The second-order valence-corrected chi connectivity index (χ2v) is 5.51. The minimum absolute atomic E-state index is 0.00695. The number of hydrogen-bond acceptors (Lipinski definition) is 5. The predicted molar refractivity (Wildman–Crippen MR) is 82.2 cm³/mol. The summed E-state index contributed by atoms with van der Waals surface area (Å²) in [5, 5.41) is 16.3. The Morgan fingerprint density at radius 3 is 2.55 bits per heavy atom. The molecule has 6 nitrogen and oxygen atoms in total. The highest BCUT2D eigenvalue weighted by Gasteiger charge is 2.16. The summed E-state index contributed by atoms with van der Waals surface area (Å²) >= 11 is 1.79. The molecule has 110 valence electrons. The fourth-order valence-electron chi connectivity index (χ4n) is 1.65. The first-order valence-corrected chi connectivity index (χ1v) is 7.54. The van der Waals surface area contributed by atoms with Gasteiger partial charge in [-0.2, -0.15) is 11.8 Å². The van der Waals surface area contributed by atoms with Gasteiger partial charge >= 0.3 is 0 Å². The molecule has 0 fully saturated rings. The largest absolute Gasteiger partial charge is 0.325 e. The normalized spacial score (nSPS) is 11.9. The quantitative estimate of drug-likeness (QED) is 0.437. The zero-order valence-electron chi connectivity index (χ0n) is 11.6. The molecule has 1 atom stereocenters. The van der Waals surface area contributed by atoms with Crippen molar-refractivity contribution in [1.82, 2.24) is 5.32 Å². The zero-order valence-corrected chi connectivity index (χ0v) is 12.4. The Kier molecular flexibility index (Phi) is 7.03. The van der Waals surface area contributed by atoms with Crippen LogP contribution >= 0.6 is 11.8 Å². The van der Waals surface area contributed by atoms with E-state index in [9.17, 15) is 14.9 Å². The lowest BCUT2D eigenvalue weighted by molar-refractivity contribution is -0.384. The molecule has 20 heavy (non-hydrogen) atoms. The molecule has 0 saturated heterocycles. The molecule has 1 rings (SSSR count). The van der Waals surface area contributed by atoms with Gasteiger partial charge in [0.15, 0.2) is 0 Å². The summed E-state index contributed by atoms with van der Waals surface area (Å²) in [5.74, 6) is 1.81. The summed E-state index contributed by atoms with van der Waals surface area (Å²) < 4.78 is 0. The van der Waals surface area contributed by atoms with Gasteiger partial charge in [0.2, 0.25) is 5.91 Å². The van der Waals surface area contributed by atoms with Crippen LogP contribution in [-0.4, -0.2) is 35.4 Å². The van der Waals surface area contributed by atoms with Crippen molar-refractivity contribution in [2.24, 2.45) is 0 Å². The van der Waals surface area contributed by atoms with Crippen LogP contribution in [0.4, 0.5) is 11.4 Å². The highest BCUT2D eigenvalue weighted by Crippen LogP contribution is 2.16. The van der Waals surface area contributed by atoms with E-state index in [1.54, 1.807) is 18.8 Å². The Morgan fingerprint density at radius 2 is 2.05 bits per heavy atom. The van der Waals surface area contributed by atoms with Crippen molar-refractivity contribution in [3.63, 3.8) is 0 Å². The van der Waals surface area contributed by atoms with Gasteiger partial charge in [-0.05, 0) is 37.1 Å². The maximum absolute atomic E-state index is 12.0. The highest BCUT2D eigenvalue weighted by molar-refractivity contribution is 7.99. The Labute approximate surface area is 122 Å². The number of nitro groups is 1. The monoisotopic (exact) mass is 297 g/mol. The van der Waals surface area contributed by atoms with Crippen LogP contribution in [0.25, 0.3) is 0 Å². The number of carbonyl (C=O) groups is 1. The van der Waals surface area contributed by atoms with Crippen LogP contribution in [0.5, 0.6) is 0 Å². The van der Waals surface area contributed by atoms with Gasteiger partial charge in [0.05, 0.1) is 11.0 Å². The molecule has 1 amide bonds. The average Bonchev–Trinajstić information content (AvgIpc) is 2.44. The first-order chi connectivity index (χ1) is 9.58. The molecule has 0 spiro atoms. The lowest BCUT2D eigenvalue weighted by Crippen LogP contribution is -2.38. The SMILES string of the molecule is CCSCC[C@H](NC)C(=O)Nc1ccc([N+](=O)[O-])cc1. The minimum Gasteiger partial charge on any atom is -0.325 e. The standard InChI is InChI=1S/C13H19N3O3S/c1-3-20-9-8-12(14-2)13(17)15-10-4-6-11(7-5-10)16(18)19/h4-7,12,14H,3,8-9H2,1-2H3,(H,15,17)/t12-/m0/s1. The van der Waals surface area contributed by atoms with Crippen molar-refractivity contribution < 1.29 is 9.72 Å². The van der Waals surface area contributed by atoms with E-state index in [4.69, 9.17) is 0 Å². The number of likely N-dealkylation sites (N-methyl/N-ethyl adjacent to an activating group) is 1. The fourth-order valence-corrected chi connectivity index (χ4v) is 2.34. The third-order valence-electron chi connectivity index (χ3n) is 2.77. The molecule has 0 heterocycles. The van der Waals surface area contributed by atoms with Gasteiger partial charge < -0.3 is 10.6 Å². The summed E-state index contributed by atoms with van der Waals surface area (Å²) in [4.78, 5) is 22.1. The lowest BCUT2D eigenvalue weighted by Gasteiger charge is -2.15. The lowest BCUT2D eigenvalue weighted by atomic mass is 10.2. The van der Waals surface area contributed by atoms with E-state index < -0.39 is 4.92 Å². The molecule has 2 N–H and O–H groups in total. The number of hydrogen-bond donors (Lipinski definition) is 2. The summed E-state index contributed by atoms with van der Waals surface area (Å²) in [7, 11) is 1.75. The number of nitrogens with zero attached hydrogens (tertiary/aromatic N) is 1. The van der Waals surface area contributed by atoms with Crippen molar-refractivity contribution >= 4 is 29.0 Å². The molecule has 0 saturated carbocycles. The first-order valence-electron chi connectivity index (χ1n) is 6.38.